The van der Waals surface area contributed by atoms with Crippen molar-refractivity contribution in [3.63, 3.8) is 0 Å². The number of amides is 1. The minimum Gasteiger partial charge on any atom is -0.484 e. The van der Waals surface area contributed by atoms with Crippen LogP contribution in [0.25, 0.3) is 11.0 Å². The lowest BCUT2D eigenvalue weighted by Crippen LogP contribution is -2.28. The van der Waals surface area contributed by atoms with Gasteiger partial charge in [0, 0.05) is 24.1 Å². The molecule has 1 aromatic heterocycles. The Morgan fingerprint density at radius 2 is 1.87 bits per heavy atom. The normalized spacial score (nSPS) is 12.8. The minimum absolute atomic E-state index is 0.0863. The fourth-order valence-electron chi connectivity index (χ4n) is 2.92. The first-order valence-electron chi connectivity index (χ1n) is 8.73. The molecule has 0 aliphatic carbocycles. The average Bonchev–Trinajstić information content (AvgIpc) is 3.17. The van der Waals surface area contributed by atoms with Gasteiger partial charge in [0.1, 0.15) is 11.3 Å². The first-order valence-corrected chi connectivity index (χ1v) is 8.73. The van der Waals surface area contributed by atoms with Crippen molar-refractivity contribution < 1.29 is 36.6 Å². The standard InChI is InChI=1S/C20H14F3NO6/c21-20(22,23)14-7-19(26)30-16-6-12(2-3-13(14)16)27-9-18(25)24-8-11-1-4-15-17(5-11)29-10-28-15/h1-7H,8-10H2,(H,24,25). The Morgan fingerprint density at radius 3 is 2.67 bits per heavy atom. The Hall–Kier alpha value is -3.69. The summed E-state index contributed by atoms with van der Waals surface area (Å²) in [5.74, 6) is 0.861. The summed E-state index contributed by atoms with van der Waals surface area (Å²) in [6, 6.07) is 9.18. The molecule has 1 aliphatic rings. The number of hydrogen-bond donors (Lipinski definition) is 1. The molecule has 10 heteroatoms. The van der Waals surface area contributed by atoms with Crippen LogP contribution in [0.5, 0.6) is 17.2 Å². The summed E-state index contributed by atoms with van der Waals surface area (Å²) in [6.07, 6.45) is -4.70. The molecule has 156 valence electrons. The summed E-state index contributed by atoms with van der Waals surface area (Å²) in [5.41, 5.74) is -1.72. The van der Waals surface area contributed by atoms with Crippen molar-refractivity contribution in [2.75, 3.05) is 13.4 Å². The van der Waals surface area contributed by atoms with Crippen molar-refractivity contribution in [3.8, 4) is 17.2 Å². The summed E-state index contributed by atoms with van der Waals surface area (Å²) >= 11 is 0. The third kappa shape index (κ3) is 4.17. The molecular formula is C20H14F3NO6. The Balaban J connectivity index is 1.39. The number of ether oxygens (including phenoxy) is 3. The summed E-state index contributed by atoms with van der Waals surface area (Å²) in [7, 11) is 0. The number of nitrogens with one attached hydrogen (secondary N) is 1. The van der Waals surface area contributed by atoms with E-state index in [2.05, 4.69) is 5.32 Å². The smallest absolute Gasteiger partial charge is 0.417 e. The van der Waals surface area contributed by atoms with E-state index in [4.69, 9.17) is 18.6 Å². The third-order valence-corrected chi connectivity index (χ3v) is 4.32. The maximum absolute atomic E-state index is 13.1. The third-order valence-electron chi connectivity index (χ3n) is 4.32. The zero-order valence-electron chi connectivity index (χ0n) is 15.2. The Bertz CT molecular complexity index is 1170. The molecule has 3 aromatic rings. The molecule has 2 heterocycles. The van der Waals surface area contributed by atoms with Crippen molar-refractivity contribution >= 4 is 16.9 Å². The van der Waals surface area contributed by atoms with Gasteiger partial charge >= 0.3 is 11.8 Å². The van der Waals surface area contributed by atoms with Crippen LogP contribution in [0.2, 0.25) is 0 Å². The summed E-state index contributed by atoms with van der Waals surface area (Å²) < 4.78 is 59.8. The lowest BCUT2D eigenvalue weighted by Gasteiger charge is -2.11. The molecule has 0 saturated heterocycles. The van der Waals surface area contributed by atoms with E-state index in [0.717, 1.165) is 17.7 Å². The van der Waals surface area contributed by atoms with E-state index in [1.165, 1.54) is 6.07 Å². The number of alkyl halides is 3. The average molecular weight is 421 g/mol. The molecular weight excluding hydrogens is 407 g/mol. The fraction of sp³-hybridized carbons (Fsp3) is 0.200. The number of benzene rings is 2. The summed E-state index contributed by atoms with van der Waals surface area (Å²) in [6.45, 7) is -0.00501. The SMILES string of the molecule is O=C(COc1ccc2c(C(F)(F)F)cc(=O)oc2c1)NCc1ccc2c(c1)OCO2. The Labute approximate surface area is 167 Å². The van der Waals surface area contributed by atoms with E-state index in [1.54, 1.807) is 18.2 Å². The highest BCUT2D eigenvalue weighted by molar-refractivity contribution is 5.82. The molecule has 1 N–H and O–H groups in total. The van der Waals surface area contributed by atoms with Crippen LogP contribution in [0, 0.1) is 0 Å². The zero-order chi connectivity index (χ0) is 21.3. The molecule has 0 radical (unpaired) electrons. The van der Waals surface area contributed by atoms with Gasteiger partial charge in [-0.3, -0.25) is 4.79 Å². The highest BCUT2D eigenvalue weighted by Gasteiger charge is 2.33. The lowest BCUT2D eigenvalue weighted by molar-refractivity contribution is -0.136. The number of fused-ring (bicyclic) bond motifs is 2. The van der Waals surface area contributed by atoms with Crippen molar-refractivity contribution in [3.05, 3.63) is 64.0 Å². The van der Waals surface area contributed by atoms with Crippen molar-refractivity contribution in [2.24, 2.45) is 0 Å². The van der Waals surface area contributed by atoms with Crippen LogP contribution in [0.4, 0.5) is 13.2 Å². The van der Waals surface area contributed by atoms with Gasteiger partial charge in [-0.05, 0) is 29.8 Å². The maximum atomic E-state index is 13.1. The molecule has 30 heavy (non-hydrogen) atoms. The van der Waals surface area contributed by atoms with Crippen LogP contribution >= 0.6 is 0 Å². The molecule has 1 aliphatic heterocycles. The highest BCUT2D eigenvalue weighted by atomic mass is 19.4. The van der Waals surface area contributed by atoms with Crippen LogP contribution in [0.15, 0.2) is 51.7 Å². The number of rotatable bonds is 5. The maximum Gasteiger partial charge on any atom is 0.417 e. The van der Waals surface area contributed by atoms with Crippen molar-refractivity contribution in [1.82, 2.24) is 5.32 Å². The summed E-state index contributed by atoms with van der Waals surface area (Å²) in [5, 5.41) is 2.38. The Morgan fingerprint density at radius 1 is 1.07 bits per heavy atom. The molecule has 0 atom stereocenters. The van der Waals surface area contributed by atoms with Crippen LogP contribution in [0.3, 0.4) is 0 Å². The number of carbonyl (C=O) groups excluding carboxylic acids is 1. The van der Waals surface area contributed by atoms with Gasteiger partial charge in [-0.2, -0.15) is 13.2 Å². The van der Waals surface area contributed by atoms with Gasteiger partial charge < -0.3 is 23.9 Å². The first-order chi connectivity index (χ1) is 14.3. The molecule has 0 fully saturated rings. The first kappa shape index (κ1) is 19.6. The minimum atomic E-state index is -4.70. The molecule has 0 bridgehead atoms. The summed E-state index contributed by atoms with van der Waals surface area (Å²) in [4.78, 5) is 23.4. The molecule has 1 amide bonds. The van der Waals surface area contributed by atoms with Gasteiger partial charge in [0.2, 0.25) is 6.79 Å². The Kier molecular flexibility index (Phi) is 4.98. The zero-order valence-corrected chi connectivity index (χ0v) is 15.2. The highest BCUT2D eigenvalue weighted by Crippen LogP contribution is 2.35. The van der Waals surface area contributed by atoms with Crippen LogP contribution < -0.4 is 25.2 Å². The van der Waals surface area contributed by atoms with E-state index >= 15 is 0 Å². The topological polar surface area (TPSA) is 87.0 Å². The second kappa shape index (κ2) is 7.62. The van der Waals surface area contributed by atoms with Crippen LogP contribution in [0.1, 0.15) is 11.1 Å². The lowest BCUT2D eigenvalue weighted by atomic mass is 10.1. The number of carbonyl (C=O) groups is 1. The predicted octanol–water partition coefficient (Wildman–Crippen LogP) is 3.24. The van der Waals surface area contributed by atoms with E-state index < -0.39 is 23.3 Å². The van der Waals surface area contributed by atoms with Gasteiger partial charge in [0.05, 0.1) is 5.56 Å². The van der Waals surface area contributed by atoms with E-state index in [9.17, 15) is 22.8 Å². The second-order valence-electron chi connectivity index (χ2n) is 6.39. The molecule has 0 unspecified atom stereocenters. The van der Waals surface area contributed by atoms with Gasteiger partial charge in [-0.25, -0.2) is 4.79 Å². The van der Waals surface area contributed by atoms with Gasteiger partial charge in [0.15, 0.2) is 18.1 Å². The van der Waals surface area contributed by atoms with Gasteiger partial charge in [-0.1, -0.05) is 6.07 Å². The molecule has 2 aromatic carbocycles. The fourth-order valence-corrected chi connectivity index (χ4v) is 2.92. The quantitative estimate of drug-likeness (QED) is 0.637. The molecule has 0 spiro atoms. The predicted molar refractivity (Wildman–Crippen MR) is 97.4 cm³/mol. The number of hydrogen-bond acceptors (Lipinski definition) is 6. The molecule has 4 rings (SSSR count). The van der Waals surface area contributed by atoms with E-state index in [0.29, 0.717) is 17.6 Å². The van der Waals surface area contributed by atoms with Crippen molar-refractivity contribution in [1.29, 1.82) is 0 Å². The van der Waals surface area contributed by atoms with Crippen LogP contribution in [-0.2, 0) is 17.5 Å². The van der Waals surface area contributed by atoms with Crippen molar-refractivity contribution in [2.45, 2.75) is 12.7 Å². The number of halogens is 3. The van der Waals surface area contributed by atoms with E-state index in [-0.39, 0.29) is 36.7 Å². The van der Waals surface area contributed by atoms with Gasteiger partial charge in [-0.15, -0.1) is 0 Å². The van der Waals surface area contributed by atoms with E-state index in [1.807, 2.05) is 0 Å². The van der Waals surface area contributed by atoms with Crippen LogP contribution in [-0.4, -0.2) is 19.3 Å². The molecule has 0 saturated carbocycles. The molecule has 7 nitrogen and oxygen atoms in total. The largest absolute Gasteiger partial charge is 0.484 e. The monoisotopic (exact) mass is 421 g/mol. The second-order valence-corrected chi connectivity index (χ2v) is 6.39. The van der Waals surface area contributed by atoms with Gasteiger partial charge in [0.25, 0.3) is 5.91 Å².